The van der Waals surface area contributed by atoms with Gasteiger partial charge in [-0.05, 0) is 42.5 Å². The number of aromatic nitrogens is 1. The molecule has 1 aromatic heterocycles. The summed E-state index contributed by atoms with van der Waals surface area (Å²) >= 11 is 3.34. The molecule has 2 aromatic carbocycles. The number of carbonyl (C=O) groups is 1. The zero-order chi connectivity index (χ0) is 18.5. The summed E-state index contributed by atoms with van der Waals surface area (Å²) < 4.78 is 33.1. The molecule has 0 saturated heterocycles. The molecule has 0 aliphatic heterocycles. The zero-order valence-electron chi connectivity index (χ0n) is 13.2. The van der Waals surface area contributed by atoms with E-state index in [4.69, 9.17) is 4.74 Å². The van der Waals surface area contributed by atoms with Crippen molar-refractivity contribution in [2.75, 3.05) is 10.6 Å². The van der Waals surface area contributed by atoms with Crippen molar-refractivity contribution in [2.24, 2.45) is 0 Å². The van der Waals surface area contributed by atoms with E-state index in [2.05, 4.69) is 31.5 Å². The van der Waals surface area contributed by atoms with Crippen molar-refractivity contribution in [3.8, 4) is 11.6 Å². The predicted molar refractivity (Wildman–Crippen MR) is 97.5 cm³/mol. The van der Waals surface area contributed by atoms with Crippen LogP contribution in [0.25, 0.3) is 0 Å². The van der Waals surface area contributed by atoms with Crippen molar-refractivity contribution in [1.29, 1.82) is 0 Å². The SMILES string of the molecule is O=C(Nc1ccc(F)cc1F)Nc1cccnc1Oc1cccc(Br)c1. The molecular formula is C18H12BrF2N3O2. The lowest BCUT2D eigenvalue weighted by molar-refractivity contribution is 0.262. The summed E-state index contributed by atoms with van der Waals surface area (Å²) in [7, 11) is 0. The molecule has 3 rings (SSSR count). The van der Waals surface area contributed by atoms with Gasteiger partial charge in [-0.15, -0.1) is 0 Å². The number of nitrogens with one attached hydrogen (secondary N) is 2. The molecule has 1 heterocycles. The molecule has 2 amide bonds. The molecular weight excluding hydrogens is 408 g/mol. The van der Waals surface area contributed by atoms with Crippen molar-refractivity contribution in [3.63, 3.8) is 0 Å². The molecule has 0 atom stereocenters. The lowest BCUT2D eigenvalue weighted by Crippen LogP contribution is -2.20. The number of amides is 2. The van der Waals surface area contributed by atoms with E-state index in [0.29, 0.717) is 11.8 Å². The fourth-order valence-electron chi connectivity index (χ4n) is 2.08. The monoisotopic (exact) mass is 419 g/mol. The van der Waals surface area contributed by atoms with Gasteiger partial charge < -0.3 is 15.4 Å². The molecule has 0 spiro atoms. The summed E-state index contributed by atoms with van der Waals surface area (Å²) in [6.45, 7) is 0. The maximum Gasteiger partial charge on any atom is 0.323 e. The molecule has 5 nitrogen and oxygen atoms in total. The molecule has 0 fully saturated rings. The molecule has 0 unspecified atom stereocenters. The highest BCUT2D eigenvalue weighted by Gasteiger charge is 2.12. The third-order valence-corrected chi connectivity index (χ3v) is 3.70. The van der Waals surface area contributed by atoms with E-state index in [9.17, 15) is 13.6 Å². The molecule has 2 N–H and O–H groups in total. The molecule has 132 valence electrons. The number of urea groups is 1. The molecule has 0 aliphatic rings. The lowest BCUT2D eigenvalue weighted by atomic mass is 10.3. The minimum absolute atomic E-state index is 0.151. The maximum atomic E-state index is 13.6. The highest BCUT2D eigenvalue weighted by atomic mass is 79.9. The molecule has 0 bridgehead atoms. The molecule has 26 heavy (non-hydrogen) atoms. The number of benzene rings is 2. The van der Waals surface area contributed by atoms with Crippen LogP contribution in [-0.2, 0) is 0 Å². The summed E-state index contributed by atoms with van der Waals surface area (Å²) in [6, 6.07) is 12.4. The minimum Gasteiger partial charge on any atom is -0.437 e. The van der Waals surface area contributed by atoms with Crippen LogP contribution in [0.5, 0.6) is 11.6 Å². The van der Waals surface area contributed by atoms with Crippen LogP contribution in [0.15, 0.2) is 65.3 Å². The second kappa shape index (κ2) is 7.92. The van der Waals surface area contributed by atoms with Crippen molar-refractivity contribution >= 4 is 33.3 Å². The van der Waals surface area contributed by atoms with Gasteiger partial charge in [0.25, 0.3) is 0 Å². The molecule has 3 aromatic rings. The third kappa shape index (κ3) is 4.54. The van der Waals surface area contributed by atoms with Gasteiger partial charge >= 0.3 is 6.03 Å². The Morgan fingerprint density at radius 3 is 2.58 bits per heavy atom. The van der Waals surface area contributed by atoms with Gasteiger partial charge in [-0.1, -0.05) is 22.0 Å². The van der Waals surface area contributed by atoms with Crippen LogP contribution >= 0.6 is 15.9 Å². The Labute approximate surface area is 156 Å². The number of carbonyl (C=O) groups excluding carboxylic acids is 1. The van der Waals surface area contributed by atoms with E-state index in [1.807, 2.05) is 6.07 Å². The average Bonchev–Trinajstić information content (AvgIpc) is 2.59. The second-order valence-corrected chi connectivity index (χ2v) is 6.03. The zero-order valence-corrected chi connectivity index (χ0v) is 14.8. The first kappa shape index (κ1) is 17.8. The van der Waals surface area contributed by atoms with Crippen LogP contribution in [0.1, 0.15) is 0 Å². The van der Waals surface area contributed by atoms with Crippen molar-refractivity contribution in [1.82, 2.24) is 4.98 Å². The summed E-state index contributed by atoms with van der Waals surface area (Å²) in [5.74, 6) is -0.922. The van der Waals surface area contributed by atoms with E-state index in [1.54, 1.807) is 30.3 Å². The molecule has 0 aliphatic carbocycles. The van der Waals surface area contributed by atoms with Crippen molar-refractivity contribution < 1.29 is 18.3 Å². The Morgan fingerprint density at radius 1 is 1.00 bits per heavy atom. The highest BCUT2D eigenvalue weighted by Crippen LogP contribution is 2.28. The van der Waals surface area contributed by atoms with E-state index >= 15 is 0 Å². The number of anilines is 2. The fraction of sp³-hybridized carbons (Fsp3) is 0. The molecule has 0 saturated carbocycles. The standard InChI is InChI=1S/C18H12BrF2N3O2/c19-11-3-1-4-13(9-11)26-17-16(5-2-8-22-17)24-18(25)23-15-7-6-12(20)10-14(15)21/h1-10H,(H2,23,24,25). The highest BCUT2D eigenvalue weighted by molar-refractivity contribution is 9.10. The predicted octanol–water partition coefficient (Wildman–Crippen LogP) is 5.56. The third-order valence-electron chi connectivity index (χ3n) is 3.21. The van der Waals surface area contributed by atoms with Crippen LogP contribution < -0.4 is 15.4 Å². The van der Waals surface area contributed by atoms with Gasteiger partial charge in [0.1, 0.15) is 23.1 Å². The quantitative estimate of drug-likeness (QED) is 0.581. The number of pyridine rings is 1. The van der Waals surface area contributed by atoms with E-state index in [0.717, 1.165) is 16.6 Å². The van der Waals surface area contributed by atoms with Gasteiger partial charge in [-0.3, -0.25) is 0 Å². The van der Waals surface area contributed by atoms with E-state index in [-0.39, 0.29) is 17.3 Å². The normalized spacial score (nSPS) is 10.3. The topological polar surface area (TPSA) is 63.2 Å². The van der Waals surface area contributed by atoms with Gasteiger partial charge in [-0.25, -0.2) is 18.6 Å². The number of hydrogen-bond donors (Lipinski definition) is 2. The molecule has 0 radical (unpaired) electrons. The summed E-state index contributed by atoms with van der Waals surface area (Å²) in [4.78, 5) is 16.2. The number of ether oxygens (including phenoxy) is 1. The lowest BCUT2D eigenvalue weighted by Gasteiger charge is -2.12. The number of rotatable bonds is 4. The Hall–Kier alpha value is -3.00. The number of nitrogens with zero attached hydrogens (tertiary/aromatic N) is 1. The Kier molecular flexibility index (Phi) is 5.43. The molecule has 8 heteroatoms. The fourth-order valence-corrected chi connectivity index (χ4v) is 2.45. The first-order valence-electron chi connectivity index (χ1n) is 7.43. The van der Waals surface area contributed by atoms with E-state index in [1.165, 1.54) is 6.20 Å². The van der Waals surface area contributed by atoms with Crippen LogP contribution in [0.2, 0.25) is 0 Å². The van der Waals surface area contributed by atoms with Crippen molar-refractivity contribution in [2.45, 2.75) is 0 Å². The van der Waals surface area contributed by atoms with Gasteiger partial charge in [0, 0.05) is 16.7 Å². The Balaban J connectivity index is 1.74. The number of halogens is 3. The Morgan fingerprint density at radius 2 is 1.81 bits per heavy atom. The second-order valence-electron chi connectivity index (χ2n) is 5.12. The van der Waals surface area contributed by atoms with Gasteiger partial charge in [-0.2, -0.15) is 0 Å². The van der Waals surface area contributed by atoms with Gasteiger partial charge in [0.2, 0.25) is 5.88 Å². The van der Waals surface area contributed by atoms with Crippen LogP contribution in [0.3, 0.4) is 0 Å². The van der Waals surface area contributed by atoms with Crippen molar-refractivity contribution in [3.05, 3.63) is 76.9 Å². The largest absolute Gasteiger partial charge is 0.437 e. The van der Waals surface area contributed by atoms with Crippen LogP contribution in [0.4, 0.5) is 25.0 Å². The van der Waals surface area contributed by atoms with Crippen LogP contribution in [-0.4, -0.2) is 11.0 Å². The summed E-state index contributed by atoms with van der Waals surface area (Å²) in [6.07, 6.45) is 1.51. The van der Waals surface area contributed by atoms with E-state index < -0.39 is 17.7 Å². The average molecular weight is 420 g/mol. The number of hydrogen-bond acceptors (Lipinski definition) is 3. The maximum absolute atomic E-state index is 13.6. The smallest absolute Gasteiger partial charge is 0.323 e. The van der Waals surface area contributed by atoms with Crippen LogP contribution in [0, 0.1) is 11.6 Å². The minimum atomic E-state index is -0.878. The Bertz CT molecular complexity index is 953. The summed E-state index contributed by atoms with van der Waals surface area (Å²) in [5.41, 5.74) is 0.134. The van der Waals surface area contributed by atoms with Gasteiger partial charge in [0.05, 0.1) is 5.69 Å². The first-order valence-corrected chi connectivity index (χ1v) is 8.22. The first-order chi connectivity index (χ1) is 12.5. The van der Waals surface area contributed by atoms with Gasteiger partial charge in [0.15, 0.2) is 0 Å². The summed E-state index contributed by atoms with van der Waals surface area (Å²) in [5, 5.41) is 4.83.